The number of piperidine rings is 2. The number of rotatable bonds is 22. The number of pyridine rings is 5. The molecule has 0 bridgehead atoms. The first-order valence-electron chi connectivity index (χ1n) is 44.8. The van der Waals surface area contributed by atoms with Gasteiger partial charge in [0.15, 0.2) is 0 Å². The molecule has 14 aromatic rings. The summed E-state index contributed by atoms with van der Waals surface area (Å²) in [7, 11) is 6.03. The normalized spacial score (nSPS) is 13.2. The van der Waals surface area contributed by atoms with Crippen molar-refractivity contribution in [2.75, 3.05) is 54.6 Å². The number of nitrogens with one attached hydrogen (secondary N) is 9. The van der Waals surface area contributed by atoms with Gasteiger partial charge in [-0.05, 0) is 206 Å². The van der Waals surface area contributed by atoms with Crippen LogP contribution in [-0.2, 0) is 30.9 Å². The number of aromatic amines is 4. The summed E-state index contributed by atoms with van der Waals surface area (Å²) in [4.78, 5) is 146. The zero-order chi connectivity index (χ0) is 95.6. The molecule has 0 spiro atoms. The molecule has 133 heavy (non-hydrogen) atoms. The number of carbonyl (C=O) groups is 6. The molecule has 30 nitrogen and oxygen atoms in total. The first-order valence-corrected chi connectivity index (χ1v) is 44.8. The van der Waals surface area contributed by atoms with Crippen molar-refractivity contribution in [3.05, 3.63) is 289 Å². The van der Waals surface area contributed by atoms with Gasteiger partial charge in [0.1, 0.15) is 28.6 Å². The van der Waals surface area contributed by atoms with Crippen molar-refractivity contribution in [3.8, 4) is 28.7 Å². The molecule has 5 aromatic carbocycles. The molecule has 9 aromatic heterocycles. The number of ether oxygens (including phenoxy) is 5. The quantitative estimate of drug-likeness (QED) is 0.0304. The molecular formula is C103H119N15O15. The molecule has 2 aliphatic heterocycles. The van der Waals surface area contributed by atoms with Crippen LogP contribution in [0.1, 0.15) is 200 Å². The van der Waals surface area contributed by atoms with Gasteiger partial charge >= 0.3 is 6.09 Å². The van der Waals surface area contributed by atoms with Gasteiger partial charge in [-0.25, -0.2) is 4.79 Å². The van der Waals surface area contributed by atoms with Gasteiger partial charge in [-0.15, -0.1) is 0 Å². The summed E-state index contributed by atoms with van der Waals surface area (Å²) in [6.45, 7) is 30.1. The zero-order valence-corrected chi connectivity index (χ0v) is 78.8. The molecule has 0 saturated carbocycles. The molecule has 0 aliphatic carbocycles. The molecule has 1 atom stereocenters. The lowest BCUT2D eigenvalue weighted by molar-refractivity contribution is 0.0188. The second-order valence-corrected chi connectivity index (χ2v) is 35.2. The summed E-state index contributed by atoms with van der Waals surface area (Å²) in [5, 5.41) is 19.4. The Morgan fingerprint density at radius 2 is 0.827 bits per heavy atom. The predicted octanol–water partition coefficient (Wildman–Crippen LogP) is 15.9. The van der Waals surface area contributed by atoms with E-state index in [0.717, 1.165) is 105 Å². The fraction of sp³-hybridized carbons (Fsp3) is 0.350. The lowest BCUT2D eigenvalue weighted by Crippen LogP contribution is -2.42. The molecule has 1 unspecified atom stereocenters. The monoisotopic (exact) mass is 1810 g/mol. The maximum Gasteiger partial charge on any atom is 0.410 e. The third-order valence-corrected chi connectivity index (χ3v) is 24.6. The van der Waals surface area contributed by atoms with Crippen molar-refractivity contribution in [3.63, 3.8) is 0 Å². The Bertz CT molecular complexity index is 6990. The minimum absolute atomic E-state index is 0.0104. The molecule has 2 aliphatic rings. The SMILES string of the molecule is COc1cc(C)[nH]c(=O)c1CNC(=O)c1c(C)n(-c2cccc3ncccc23)c2ccccc12.COc1cc(C)[nH]c(=O)c1CNC(=O)c1c(C)n(C(=O)CC(C)C)c2ccccc12.COc1cc(C)[nH]c(=O)c1CNC(=O)c1c(C)n(C(C)C2CCNCC2)c2ccccc12.COc1cc(C)[nH]c(=O)c1CNC(=O)c1c(C)n(C2CCN(C(=O)OC(C)(C)C)CC2)c2ccccc12. The van der Waals surface area contributed by atoms with E-state index < -0.39 is 5.60 Å². The second kappa shape index (κ2) is 41.7. The van der Waals surface area contributed by atoms with Crippen molar-refractivity contribution in [2.45, 2.75) is 173 Å². The highest BCUT2D eigenvalue weighted by Gasteiger charge is 2.34. The summed E-state index contributed by atoms with van der Waals surface area (Å²) in [6, 6.07) is 48.4. The van der Waals surface area contributed by atoms with Crippen molar-refractivity contribution in [1.29, 1.82) is 0 Å². The van der Waals surface area contributed by atoms with Crippen molar-refractivity contribution >= 4 is 90.1 Å². The number of benzene rings is 5. The van der Waals surface area contributed by atoms with E-state index in [1.807, 2.05) is 177 Å². The Labute approximate surface area is 770 Å². The third kappa shape index (κ3) is 20.9. The molecule has 11 heterocycles. The van der Waals surface area contributed by atoms with Gasteiger partial charge in [0.2, 0.25) is 5.91 Å². The minimum Gasteiger partial charge on any atom is -0.496 e. The van der Waals surface area contributed by atoms with E-state index in [4.69, 9.17) is 23.7 Å². The first kappa shape index (κ1) is 96.0. The number of likely N-dealkylation sites (tertiary alicyclic amines) is 1. The number of hydrogen-bond donors (Lipinski definition) is 9. The van der Waals surface area contributed by atoms with Crippen molar-refractivity contribution in [1.82, 2.24) is 74.7 Å². The maximum atomic E-state index is 13.5. The number of fused-ring (bicyclic) bond motifs is 5. The van der Waals surface area contributed by atoms with Crippen LogP contribution in [0.3, 0.4) is 0 Å². The van der Waals surface area contributed by atoms with E-state index in [1.165, 1.54) is 28.4 Å². The number of aryl methyl sites for hydroxylation is 4. The van der Waals surface area contributed by atoms with E-state index in [1.54, 1.807) is 74.5 Å². The van der Waals surface area contributed by atoms with Crippen LogP contribution in [0.15, 0.2) is 177 Å². The van der Waals surface area contributed by atoms with Crippen LogP contribution in [0.5, 0.6) is 23.0 Å². The lowest BCUT2D eigenvalue weighted by atomic mass is 9.91. The topological polar surface area (TPSA) is 376 Å². The van der Waals surface area contributed by atoms with Crippen LogP contribution in [-0.4, -0.2) is 144 Å². The minimum atomic E-state index is -0.531. The largest absolute Gasteiger partial charge is 0.496 e. The molecule has 2 fully saturated rings. The van der Waals surface area contributed by atoms with E-state index in [9.17, 15) is 47.9 Å². The van der Waals surface area contributed by atoms with Gasteiger partial charge < -0.3 is 88.8 Å². The Morgan fingerprint density at radius 1 is 0.444 bits per heavy atom. The molecule has 9 N–H and O–H groups in total. The average molecular weight is 1810 g/mol. The van der Waals surface area contributed by atoms with E-state index in [-0.39, 0.29) is 96.0 Å². The number of methoxy groups -OCH3 is 4. The number of aromatic nitrogens is 9. The van der Waals surface area contributed by atoms with Crippen LogP contribution in [0.4, 0.5) is 4.79 Å². The zero-order valence-electron chi connectivity index (χ0n) is 78.8. The second-order valence-electron chi connectivity index (χ2n) is 35.2. The Kier molecular flexibility index (Phi) is 30.1. The Morgan fingerprint density at radius 3 is 1.27 bits per heavy atom. The highest BCUT2D eigenvalue weighted by atomic mass is 16.6. The van der Waals surface area contributed by atoms with Gasteiger partial charge in [-0.2, -0.15) is 0 Å². The fourth-order valence-corrected chi connectivity index (χ4v) is 18.4. The Balaban J connectivity index is 0.000000151. The standard InChI is InChI=1S/C28H36N4O5.C27H24N4O3.C25H32N4O3.C23H27N3O4/c1-17-15-23(36-6)21(25(33)30-17)16-29-26(34)24-18(2)32(22-10-8-7-9-20(22)24)19-11-13-31(14-12-19)27(35)37-28(3,4)5;1-16-14-24(34-3)20(26(32)30-16)15-29-27(33)25-17(2)31(23-11-5-4-8-19(23)25)22-12-6-10-21-18(22)9-7-13-28-21;1-15-13-22(32-4)20(24(30)28-15)14-27-25(31)23-17(3)29(21-8-6-5-7-19(21)23)16(2)18-9-11-26-12-10-18;1-13(2)10-20(27)26-15(4)21(16-8-6-7-9-18(16)26)23(29)24-12-17-19(30-5)11-14(3)25-22(17)28/h7-10,15,19H,11-14,16H2,1-6H3,(H,29,34)(H,30,33);4-14H,15H2,1-3H3,(H,29,33)(H,30,32);5-8,13,16,18,26H,9-12,14H2,1-4H3,(H,27,31)(H,28,30);6-9,11,13H,10,12H2,1-5H3,(H,24,29)(H,25,28). The van der Waals surface area contributed by atoms with Gasteiger partial charge in [0.05, 0.1) is 121 Å². The third-order valence-electron chi connectivity index (χ3n) is 24.6. The van der Waals surface area contributed by atoms with Gasteiger partial charge in [-0.1, -0.05) is 92.7 Å². The molecule has 16 rings (SSSR count). The number of hydrogen-bond acceptors (Lipinski definition) is 17. The highest BCUT2D eigenvalue weighted by Crippen LogP contribution is 2.39. The summed E-state index contributed by atoms with van der Waals surface area (Å²) < 4.78 is 35.2. The van der Waals surface area contributed by atoms with Crippen LogP contribution >= 0.6 is 0 Å². The first-order chi connectivity index (χ1) is 63.6. The smallest absolute Gasteiger partial charge is 0.410 e. The number of carbonyl (C=O) groups excluding carboxylic acids is 6. The summed E-state index contributed by atoms with van der Waals surface area (Å²) in [6.07, 6.45) is 5.64. The van der Waals surface area contributed by atoms with Crippen LogP contribution in [0.25, 0.3) is 60.2 Å². The predicted molar refractivity (Wildman–Crippen MR) is 518 cm³/mol. The van der Waals surface area contributed by atoms with Crippen LogP contribution in [0.2, 0.25) is 0 Å². The lowest BCUT2D eigenvalue weighted by Gasteiger charge is -2.34. The molecular weight excluding hydrogens is 1690 g/mol. The van der Waals surface area contributed by atoms with Crippen LogP contribution < -0.4 is 67.8 Å². The Hall–Kier alpha value is -14.6. The molecule has 696 valence electrons. The average Bonchev–Trinajstić information content (AvgIpc) is 1.70. The summed E-state index contributed by atoms with van der Waals surface area (Å²) in [5.41, 5.74) is 13.6. The number of H-pyrrole nitrogens is 4. The molecule has 30 heteroatoms. The van der Waals surface area contributed by atoms with Gasteiger partial charge in [0.25, 0.3) is 45.9 Å². The van der Waals surface area contributed by atoms with E-state index in [0.29, 0.717) is 138 Å². The fourth-order valence-electron chi connectivity index (χ4n) is 18.4. The van der Waals surface area contributed by atoms with Crippen molar-refractivity contribution in [2.24, 2.45) is 11.8 Å². The number of amides is 5. The number of para-hydroxylation sites is 4. The summed E-state index contributed by atoms with van der Waals surface area (Å²) >= 11 is 0. The maximum absolute atomic E-state index is 13.5. The highest BCUT2D eigenvalue weighted by molar-refractivity contribution is 6.13. The van der Waals surface area contributed by atoms with Crippen LogP contribution in [0, 0.1) is 67.2 Å². The summed E-state index contributed by atoms with van der Waals surface area (Å²) in [5.74, 6) is 1.48. The molecule has 5 amide bonds. The van der Waals surface area contributed by atoms with Gasteiger partial charge in [0, 0.05) is 121 Å². The van der Waals surface area contributed by atoms with E-state index in [2.05, 4.69) is 78.2 Å². The number of nitrogens with zero attached hydrogens (tertiary/aromatic N) is 6. The molecule has 0 radical (unpaired) electrons. The van der Waals surface area contributed by atoms with E-state index >= 15 is 0 Å². The van der Waals surface area contributed by atoms with Gasteiger partial charge in [-0.3, -0.25) is 52.7 Å². The van der Waals surface area contributed by atoms with Crippen molar-refractivity contribution < 1.29 is 52.5 Å². The molecule has 2 saturated heterocycles.